The average Bonchev–Trinajstić information content (AvgIpc) is 3.29. The number of fused-ring (bicyclic) bond motifs is 3. The molecule has 2 atom stereocenters. The quantitative estimate of drug-likeness (QED) is 0.332. The van der Waals surface area contributed by atoms with Crippen LogP contribution in [0.4, 0.5) is 4.79 Å². The third kappa shape index (κ3) is 7.05. The van der Waals surface area contributed by atoms with Gasteiger partial charge in [-0.15, -0.1) is 0 Å². The lowest BCUT2D eigenvalue weighted by molar-refractivity contribution is -0.147. The summed E-state index contributed by atoms with van der Waals surface area (Å²) in [6.07, 6.45) is -1.58. The van der Waals surface area contributed by atoms with Crippen LogP contribution in [0.3, 0.4) is 0 Å². The number of benzene rings is 3. The second kappa shape index (κ2) is 13.7. The minimum absolute atomic E-state index is 0.0376. The number of carbonyl (C=O) groups excluding carboxylic acids is 2. The Balaban J connectivity index is 1.48. The fraction of sp³-hybridized carbons (Fsp3) is 0.323. The van der Waals surface area contributed by atoms with Gasteiger partial charge in [0.05, 0.1) is 19.3 Å². The van der Waals surface area contributed by atoms with Crippen LogP contribution in [0.1, 0.15) is 29.5 Å². The molecule has 0 spiro atoms. The summed E-state index contributed by atoms with van der Waals surface area (Å²) in [5, 5.41) is 12.0. The first-order chi connectivity index (χ1) is 19.4. The molecule has 0 saturated carbocycles. The molecule has 0 bridgehead atoms. The van der Waals surface area contributed by atoms with E-state index in [-0.39, 0.29) is 32.3 Å². The molecule has 3 aromatic carbocycles. The summed E-state index contributed by atoms with van der Waals surface area (Å²) in [6.45, 7) is 1.56. The minimum atomic E-state index is -1.18. The Labute approximate surface area is 233 Å². The zero-order valence-corrected chi connectivity index (χ0v) is 22.6. The molecule has 3 aromatic rings. The summed E-state index contributed by atoms with van der Waals surface area (Å²) in [4.78, 5) is 39.2. The third-order valence-corrected chi connectivity index (χ3v) is 6.91. The molecule has 210 valence electrons. The van der Waals surface area contributed by atoms with Crippen molar-refractivity contribution in [3.63, 3.8) is 0 Å². The average molecular weight is 547 g/mol. The van der Waals surface area contributed by atoms with E-state index in [0.29, 0.717) is 0 Å². The van der Waals surface area contributed by atoms with E-state index in [1.54, 1.807) is 6.92 Å². The normalized spacial score (nSPS) is 13.6. The fourth-order valence-electron chi connectivity index (χ4n) is 4.87. The Morgan fingerprint density at radius 2 is 1.52 bits per heavy atom. The van der Waals surface area contributed by atoms with Crippen LogP contribution in [0.2, 0.25) is 0 Å². The lowest BCUT2D eigenvalue weighted by Gasteiger charge is -2.30. The van der Waals surface area contributed by atoms with Crippen LogP contribution in [-0.2, 0) is 30.4 Å². The number of hydrogen-bond donors (Lipinski definition) is 2. The van der Waals surface area contributed by atoms with Crippen molar-refractivity contribution in [3.8, 4) is 11.1 Å². The fourth-order valence-corrected chi connectivity index (χ4v) is 4.87. The molecule has 2 amide bonds. The zero-order valence-electron chi connectivity index (χ0n) is 22.6. The Morgan fingerprint density at radius 3 is 2.12 bits per heavy atom. The minimum Gasteiger partial charge on any atom is -0.480 e. The number of aliphatic carboxylic acids is 1. The summed E-state index contributed by atoms with van der Waals surface area (Å²) in [5.41, 5.74) is 5.23. The standard InChI is InChI=1S/C31H34N2O7/c1-21(39-19-22-10-4-3-5-11-22)29(30(36)33(16-17-38-2)18-28(34)35)32-31(37)40-20-27-25-14-8-6-12-23(25)24-13-7-9-15-26(24)27/h3-15,21,27,29H,16-20H2,1-2H3,(H,32,37)(H,34,35). The monoisotopic (exact) mass is 546 g/mol. The van der Waals surface area contributed by atoms with Gasteiger partial charge in [0.25, 0.3) is 0 Å². The molecule has 2 unspecified atom stereocenters. The molecular weight excluding hydrogens is 512 g/mol. The van der Waals surface area contributed by atoms with Gasteiger partial charge < -0.3 is 29.5 Å². The highest BCUT2D eigenvalue weighted by atomic mass is 16.5. The van der Waals surface area contributed by atoms with Crippen molar-refractivity contribution in [2.75, 3.05) is 33.4 Å². The maximum Gasteiger partial charge on any atom is 0.407 e. The van der Waals surface area contributed by atoms with Crippen molar-refractivity contribution in [2.45, 2.75) is 31.6 Å². The van der Waals surface area contributed by atoms with Crippen LogP contribution in [0.15, 0.2) is 78.9 Å². The Bertz CT molecular complexity index is 1270. The molecule has 0 aromatic heterocycles. The number of carboxylic acid groups (broad SMARTS) is 1. The van der Waals surface area contributed by atoms with E-state index in [1.165, 1.54) is 7.11 Å². The number of ether oxygens (including phenoxy) is 3. The Morgan fingerprint density at radius 1 is 0.925 bits per heavy atom. The SMILES string of the molecule is COCCN(CC(=O)O)C(=O)C(NC(=O)OCC1c2ccccc2-c2ccccc21)C(C)OCc1ccccc1. The van der Waals surface area contributed by atoms with Gasteiger partial charge in [0.2, 0.25) is 5.91 Å². The van der Waals surface area contributed by atoms with Crippen molar-refractivity contribution >= 4 is 18.0 Å². The highest BCUT2D eigenvalue weighted by Gasteiger charge is 2.34. The maximum atomic E-state index is 13.5. The molecule has 4 rings (SSSR count). The summed E-state index contributed by atoms with van der Waals surface area (Å²) >= 11 is 0. The lowest BCUT2D eigenvalue weighted by Crippen LogP contribution is -2.55. The van der Waals surface area contributed by atoms with Gasteiger partial charge in [-0.1, -0.05) is 78.9 Å². The van der Waals surface area contributed by atoms with Crippen molar-refractivity contribution < 1.29 is 33.7 Å². The number of rotatable bonds is 13. The molecular formula is C31H34N2O7. The Hall–Kier alpha value is -4.21. The molecule has 40 heavy (non-hydrogen) atoms. The number of hydrogen-bond acceptors (Lipinski definition) is 6. The molecule has 1 aliphatic rings. The van der Waals surface area contributed by atoms with Crippen LogP contribution in [0.25, 0.3) is 11.1 Å². The van der Waals surface area contributed by atoms with Crippen molar-refractivity contribution in [1.82, 2.24) is 10.2 Å². The highest BCUT2D eigenvalue weighted by molar-refractivity contribution is 5.88. The maximum absolute atomic E-state index is 13.5. The van der Waals surface area contributed by atoms with Gasteiger partial charge in [-0.05, 0) is 34.7 Å². The van der Waals surface area contributed by atoms with E-state index in [0.717, 1.165) is 32.7 Å². The molecule has 0 radical (unpaired) electrons. The number of carboxylic acids is 1. The van der Waals surface area contributed by atoms with Gasteiger partial charge in [-0.2, -0.15) is 0 Å². The van der Waals surface area contributed by atoms with E-state index in [9.17, 15) is 19.5 Å². The third-order valence-electron chi connectivity index (χ3n) is 6.91. The molecule has 0 aliphatic heterocycles. The van der Waals surface area contributed by atoms with Crippen LogP contribution in [-0.4, -0.2) is 73.5 Å². The van der Waals surface area contributed by atoms with Crippen LogP contribution < -0.4 is 5.32 Å². The smallest absolute Gasteiger partial charge is 0.407 e. The largest absolute Gasteiger partial charge is 0.480 e. The zero-order chi connectivity index (χ0) is 28.5. The first-order valence-corrected chi connectivity index (χ1v) is 13.2. The number of alkyl carbamates (subject to hydrolysis) is 1. The molecule has 0 saturated heterocycles. The van der Waals surface area contributed by atoms with Crippen molar-refractivity contribution in [2.24, 2.45) is 0 Å². The van der Waals surface area contributed by atoms with Gasteiger partial charge in [0.15, 0.2) is 0 Å². The summed E-state index contributed by atoms with van der Waals surface area (Å²) in [6, 6.07) is 24.2. The van der Waals surface area contributed by atoms with Crippen molar-refractivity contribution in [1.29, 1.82) is 0 Å². The molecule has 9 heteroatoms. The molecule has 0 heterocycles. The number of methoxy groups -OCH3 is 1. The second-order valence-electron chi connectivity index (χ2n) is 9.60. The van der Waals surface area contributed by atoms with Gasteiger partial charge >= 0.3 is 12.1 Å². The van der Waals surface area contributed by atoms with Crippen LogP contribution in [0, 0.1) is 0 Å². The number of nitrogens with zero attached hydrogens (tertiary/aromatic N) is 1. The second-order valence-corrected chi connectivity index (χ2v) is 9.60. The summed E-state index contributed by atoms with van der Waals surface area (Å²) in [7, 11) is 1.46. The van der Waals surface area contributed by atoms with Gasteiger partial charge in [0.1, 0.15) is 19.2 Å². The predicted octanol–water partition coefficient (Wildman–Crippen LogP) is 4.06. The Kier molecular flexibility index (Phi) is 9.88. The molecule has 0 fully saturated rings. The van der Waals surface area contributed by atoms with Gasteiger partial charge in [-0.3, -0.25) is 9.59 Å². The van der Waals surface area contributed by atoms with E-state index >= 15 is 0 Å². The van der Waals surface area contributed by atoms with E-state index in [2.05, 4.69) is 5.32 Å². The predicted molar refractivity (Wildman–Crippen MR) is 149 cm³/mol. The van der Waals surface area contributed by atoms with Gasteiger partial charge in [-0.25, -0.2) is 4.79 Å². The van der Waals surface area contributed by atoms with E-state index < -0.39 is 36.7 Å². The van der Waals surface area contributed by atoms with Crippen LogP contribution >= 0.6 is 0 Å². The van der Waals surface area contributed by atoms with Crippen molar-refractivity contribution in [3.05, 3.63) is 95.6 Å². The number of nitrogens with one attached hydrogen (secondary N) is 1. The lowest BCUT2D eigenvalue weighted by atomic mass is 9.98. The number of carbonyl (C=O) groups is 3. The van der Waals surface area contributed by atoms with Gasteiger partial charge in [0, 0.05) is 19.6 Å². The van der Waals surface area contributed by atoms with Crippen LogP contribution in [0.5, 0.6) is 0 Å². The van der Waals surface area contributed by atoms with E-state index in [1.807, 2.05) is 78.9 Å². The molecule has 9 nitrogen and oxygen atoms in total. The molecule has 1 aliphatic carbocycles. The molecule has 2 N–H and O–H groups in total. The first-order valence-electron chi connectivity index (χ1n) is 13.2. The highest BCUT2D eigenvalue weighted by Crippen LogP contribution is 2.44. The summed E-state index contributed by atoms with van der Waals surface area (Å²) < 4.78 is 16.7. The van der Waals surface area contributed by atoms with E-state index in [4.69, 9.17) is 14.2 Å². The first kappa shape index (κ1) is 28.8. The number of amides is 2. The summed E-state index contributed by atoms with van der Waals surface area (Å²) in [5.74, 6) is -1.93. The topological polar surface area (TPSA) is 114 Å².